The van der Waals surface area contributed by atoms with E-state index in [1.807, 2.05) is 29.1 Å². The van der Waals surface area contributed by atoms with Crippen molar-refractivity contribution in [2.24, 2.45) is 0 Å². The monoisotopic (exact) mass is 289 g/mol. The molecule has 0 fully saturated rings. The number of aryl methyl sites for hydroxylation is 1. The Bertz CT molecular complexity index is 558. The van der Waals surface area contributed by atoms with Gasteiger partial charge in [0.15, 0.2) is 0 Å². The zero-order valence-corrected chi connectivity index (χ0v) is 13.1. The van der Waals surface area contributed by atoms with E-state index in [1.165, 1.54) is 0 Å². The van der Waals surface area contributed by atoms with E-state index in [4.69, 9.17) is 9.47 Å². The molecule has 0 saturated carbocycles. The van der Waals surface area contributed by atoms with E-state index in [-0.39, 0.29) is 6.04 Å². The molecule has 1 heterocycles. The zero-order valence-electron chi connectivity index (χ0n) is 13.1. The van der Waals surface area contributed by atoms with Gasteiger partial charge in [0.1, 0.15) is 11.5 Å². The summed E-state index contributed by atoms with van der Waals surface area (Å²) in [5.41, 5.74) is 2.10. The summed E-state index contributed by atoms with van der Waals surface area (Å²) in [7, 11) is 3.35. The maximum absolute atomic E-state index is 5.52. The molecule has 114 valence electrons. The van der Waals surface area contributed by atoms with Gasteiger partial charge in [0.2, 0.25) is 0 Å². The largest absolute Gasteiger partial charge is 0.496 e. The van der Waals surface area contributed by atoms with Crippen LogP contribution in [0.5, 0.6) is 11.5 Å². The van der Waals surface area contributed by atoms with Gasteiger partial charge >= 0.3 is 0 Å². The molecular weight excluding hydrogens is 266 g/mol. The molecule has 0 bridgehead atoms. The third kappa shape index (κ3) is 3.19. The Hall–Kier alpha value is -2.01. The summed E-state index contributed by atoms with van der Waals surface area (Å²) < 4.78 is 13.0. The molecule has 0 radical (unpaired) electrons. The number of methoxy groups -OCH3 is 2. The van der Waals surface area contributed by atoms with Gasteiger partial charge in [-0.25, -0.2) is 0 Å². The first kappa shape index (κ1) is 15.4. The van der Waals surface area contributed by atoms with E-state index >= 15 is 0 Å². The van der Waals surface area contributed by atoms with E-state index in [0.717, 1.165) is 35.7 Å². The highest BCUT2D eigenvalue weighted by Gasteiger charge is 2.23. The lowest BCUT2D eigenvalue weighted by Gasteiger charge is -2.22. The van der Waals surface area contributed by atoms with Gasteiger partial charge in [0.05, 0.1) is 32.0 Å². The summed E-state index contributed by atoms with van der Waals surface area (Å²) in [6.45, 7) is 5.84. The van der Waals surface area contributed by atoms with Gasteiger partial charge in [-0.3, -0.25) is 4.68 Å². The smallest absolute Gasteiger partial charge is 0.127 e. The average molecular weight is 289 g/mol. The Morgan fingerprint density at radius 3 is 2.33 bits per heavy atom. The topological polar surface area (TPSA) is 48.3 Å². The Balaban J connectivity index is 2.51. The van der Waals surface area contributed by atoms with Crippen LogP contribution in [0.4, 0.5) is 0 Å². The molecule has 1 aromatic heterocycles. The molecule has 0 saturated heterocycles. The number of hydrogen-bond acceptors (Lipinski definition) is 4. The van der Waals surface area contributed by atoms with E-state index in [1.54, 1.807) is 14.2 Å². The van der Waals surface area contributed by atoms with Crippen LogP contribution in [0.1, 0.15) is 31.0 Å². The summed E-state index contributed by atoms with van der Waals surface area (Å²) >= 11 is 0. The van der Waals surface area contributed by atoms with Crippen molar-refractivity contribution in [2.45, 2.75) is 26.4 Å². The maximum atomic E-state index is 5.52. The van der Waals surface area contributed by atoms with Crippen molar-refractivity contribution in [2.75, 3.05) is 20.8 Å². The van der Waals surface area contributed by atoms with Crippen LogP contribution in [0.3, 0.4) is 0 Å². The Morgan fingerprint density at radius 2 is 1.86 bits per heavy atom. The standard InChI is InChI=1S/C16H23N3O2/c1-5-17-16(12-10-18-19(6-2)11-12)15-13(20-3)8-7-9-14(15)21-4/h7-11,16-17H,5-6H2,1-4H3. The number of nitrogens with one attached hydrogen (secondary N) is 1. The fourth-order valence-electron chi connectivity index (χ4n) is 2.46. The van der Waals surface area contributed by atoms with Crippen molar-refractivity contribution >= 4 is 0 Å². The highest BCUT2D eigenvalue weighted by atomic mass is 16.5. The fourth-order valence-corrected chi connectivity index (χ4v) is 2.46. The first-order valence-electron chi connectivity index (χ1n) is 7.21. The van der Waals surface area contributed by atoms with E-state index in [2.05, 4.69) is 30.5 Å². The predicted molar refractivity (Wildman–Crippen MR) is 83.0 cm³/mol. The highest BCUT2D eigenvalue weighted by molar-refractivity contribution is 5.50. The van der Waals surface area contributed by atoms with Gasteiger partial charge in [0, 0.05) is 18.3 Å². The van der Waals surface area contributed by atoms with Crippen molar-refractivity contribution in [3.05, 3.63) is 41.7 Å². The molecule has 1 unspecified atom stereocenters. The summed E-state index contributed by atoms with van der Waals surface area (Å²) in [5, 5.41) is 7.86. The molecule has 0 aliphatic heterocycles. The van der Waals surface area contributed by atoms with Crippen LogP contribution in [0.15, 0.2) is 30.6 Å². The first-order chi connectivity index (χ1) is 10.2. The molecule has 5 nitrogen and oxygen atoms in total. The van der Waals surface area contributed by atoms with Gasteiger partial charge in [-0.15, -0.1) is 0 Å². The number of rotatable bonds is 7. The molecule has 1 aromatic carbocycles. The van der Waals surface area contributed by atoms with Crippen LogP contribution in [-0.4, -0.2) is 30.5 Å². The second-order valence-corrected chi connectivity index (χ2v) is 4.70. The highest BCUT2D eigenvalue weighted by Crippen LogP contribution is 2.37. The van der Waals surface area contributed by atoms with Gasteiger partial charge in [-0.1, -0.05) is 13.0 Å². The lowest BCUT2D eigenvalue weighted by atomic mass is 9.99. The number of ether oxygens (including phenoxy) is 2. The van der Waals surface area contributed by atoms with Gasteiger partial charge in [-0.2, -0.15) is 5.10 Å². The summed E-state index contributed by atoms with van der Waals surface area (Å²) in [6.07, 6.45) is 3.95. The van der Waals surface area contributed by atoms with Gasteiger partial charge in [0.25, 0.3) is 0 Å². The quantitative estimate of drug-likeness (QED) is 0.851. The number of nitrogens with zero attached hydrogens (tertiary/aromatic N) is 2. The SMILES string of the molecule is CCNC(c1cnn(CC)c1)c1c(OC)cccc1OC. The Kier molecular flexibility index (Phi) is 5.22. The summed E-state index contributed by atoms with van der Waals surface area (Å²) in [6, 6.07) is 5.82. The molecule has 1 N–H and O–H groups in total. The first-order valence-corrected chi connectivity index (χ1v) is 7.21. The van der Waals surface area contributed by atoms with Crippen molar-refractivity contribution < 1.29 is 9.47 Å². The molecule has 5 heteroatoms. The molecule has 21 heavy (non-hydrogen) atoms. The fraction of sp³-hybridized carbons (Fsp3) is 0.438. The molecule has 0 amide bonds. The normalized spacial score (nSPS) is 12.2. The molecule has 2 aromatic rings. The maximum Gasteiger partial charge on any atom is 0.127 e. The Morgan fingerprint density at radius 1 is 1.19 bits per heavy atom. The minimum Gasteiger partial charge on any atom is -0.496 e. The van der Waals surface area contributed by atoms with Crippen LogP contribution in [0.2, 0.25) is 0 Å². The predicted octanol–water partition coefficient (Wildman–Crippen LogP) is 2.62. The second-order valence-electron chi connectivity index (χ2n) is 4.70. The zero-order chi connectivity index (χ0) is 15.2. The van der Waals surface area contributed by atoms with Crippen LogP contribution in [0.25, 0.3) is 0 Å². The molecule has 0 aliphatic rings. The van der Waals surface area contributed by atoms with Crippen molar-refractivity contribution in [3.8, 4) is 11.5 Å². The van der Waals surface area contributed by atoms with E-state index in [9.17, 15) is 0 Å². The van der Waals surface area contributed by atoms with Crippen LogP contribution in [0, 0.1) is 0 Å². The third-order valence-electron chi connectivity index (χ3n) is 3.47. The minimum atomic E-state index is -0.0126. The van der Waals surface area contributed by atoms with Crippen molar-refractivity contribution in [3.63, 3.8) is 0 Å². The Labute approximate surface area is 125 Å². The summed E-state index contributed by atoms with van der Waals surface area (Å²) in [5.74, 6) is 1.62. The lowest BCUT2D eigenvalue weighted by Crippen LogP contribution is -2.23. The van der Waals surface area contributed by atoms with Crippen molar-refractivity contribution in [1.29, 1.82) is 0 Å². The van der Waals surface area contributed by atoms with Gasteiger partial charge < -0.3 is 14.8 Å². The van der Waals surface area contributed by atoms with Crippen LogP contribution < -0.4 is 14.8 Å². The van der Waals surface area contributed by atoms with Crippen LogP contribution >= 0.6 is 0 Å². The second kappa shape index (κ2) is 7.13. The number of aromatic nitrogens is 2. The van der Waals surface area contributed by atoms with Crippen LogP contribution in [-0.2, 0) is 6.54 Å². The van der Waals surface area contributed by atoms with E-state index in [0.29, 0.717) is 0 Å². The minimum absolute atomic E-state index is 0.0126. The molecule has 0 aliphatic carbocycles. The molecule has 2 rings (SSSR count). The van der Waals surface area contributed by atoms with Gasteiger partial charge in [-0.05, 0) is 25.6 Å². The third-order valence-corrected chi connectivity index (χ3v) is 3.47. The number of benzene rings is 1. The summed E-state index contributed by atoms with van der Waals surface area (Å²) in [4.78, 5) is 0. The van der Waals surface area contributed by atoms with E-state index < -0.39 is 0 Å². The average Bonchev–Trinajstić information content (AvgIpc) is 3.00. The lowest BCUT2D eigenvalue weighted by molar-refractivity contribution is 0.377. The molecular formula is C16H23N3O2. The van der Waals surface area contributed by atoms with Crippen molar-refractivity contribution in [1.82, 2.24) is 15.1 Å². The molecule has 0 spiro atoms. The molecule has 1 atom stereocenters. The number of hydrogen-bond donors (Lipinski definition) is 1.